The first kappa shape index (κ1) is 14.1. The number of nitrogens with one attached hydrogen (secondary N) is 1. The Hall–Kier alpha value is -1.30. The molecule has 1 aliphatic rings. The van der Waals surface area contributed by atoms with Crippen molar-refractivity contribution in [2.45, 2.75) is 43.0 Å². The first-order chi connectivity index (χ1) is 9.04. The highest BCUT2D eigenvalue weighted by Gasteiger charge is 2.23. The van der Waals surface area contributed by atoms with E-state index in [2.05, 4.69) is 29.4 Å². The number of carbonyl (C=O) groups is 1. The standard InChI is InChI=1S/C13H20N4OS/c1-9(2)19-13-7-6-11(15-16-13)17(3)8-12(18)14-10-4-5-10/h6-7,9-10H,4-5,8H2,1-3H3,(H,14,18). The number of hydrogen-bond donors (Lipinski definition) is 1. The Kier molecular flexibility index (Phi) is 4.63. The number of rotatable bonds is 6. The van der Waals surface area contributed by atoms with Crippen LogP contribution in [0.4, 0.5) is 5.82 Å². The zero-order valence-electron chi connectivity index (χ0n) is 11.6. The second-order valence-corrected chi connectivity index (χ2v) is 6.69. The summed E-state index contributed by atoms with van der Waals surface area (Å²) < 4.78 is 0. The lowest BCUT2D eigenvalue weighted by molar-refractivity contribution is -0.119. The zero-order valence-corrected chi connectivity index (χ0v) is 12.4. The van der Waals surface area contributed by atoms with E-state index in [0.29, 0.717) is 17.8 Å². The Morgan fingerprint density at radius 1 is 1.47 bits per heavy atom. The topological polar surface area (TPSA) is 58.1 Å². The highest BCUT2D eigenvalue weighted by molar-refractivity contribution is 7.99. The van der Waals surface area contributed by atoms with Gasteiger partial charge in [0.2, 0.25) is 5.91 Å². The number of aromatic nitrogens is 2. The lowest BCUT2D eigenvalue weighted by atomic mass is 10.4. The number of carbonyl (C=O) groups excluding carboxylic acids is 1. The molecule has 1 heterocycles. The Balaban J connectivity index is 1.87. The maximum Gasteiger partial charge on any atom is 0.239 e. The fraction of sp³-hybridized carbons (Fsp3) is 0.615. The molecule has 1 aromatic rings. The van der Waals surface area contributed by atoms with E-state index in [1.165, 1.54) is 0 Å². The summed E-state index contributed by atoms with van der Waals surface area (Å²) in [4.78, 5) is 13.5. The maximum atomic E-state index is 11.7. The molecule has 0 atom stereocenters. The first-order valence-electron chi connectivity index (χ1n) is 6.55. The first-order valence-corrected chi connectivity index (χ1v) is 7.43. The molecule has 19 heavy (non-hydrogen) atoms. The second-order valence-electron chi connectivity index (χ2n) is 5.09. The molecule has 104 valence electrons. The highest BCUT2D eigenvalue weighted by Crippen LogP contribution is 2.21. The molecule has 0 aliphatic heterocycles. The van der Waals surface area contributed by atoms with Crippen molar-refractivity contribution >= 4 is 23.5 Å². The minimum absolute atomic E-state index is 0.0485. The Morgan fingerprint density at radius 3 is 2.74 bits per heavy atom. The number of likely N-dealkylation sites (N-methyl/N-ethyl adjacent to an activating group) is 1. The summed E-state index contributed by atoms with van der Waals surface area (Å²) in [5, 5.41) is 12.7. The largest absolute Gasteiger partial charge is 0.352 e. The number of nitrogens with zero attached hydrogens (tertiary/aromatic N) is 3. The molecule has 0 spiro atoms. The molecule has 1 aromatic heterocycles. The lowest BCUT2D eigenvalue weighted by Crippen LogP contribution is -2.36. The van der Waals surface area contributed by atoms with Crippen molar-refractivity contribution in [1.29, 1.82) is 0 Å². The molecule has 5 nitrogen and oxygen atoms in total. The maximum absolute atomic E-state index is 11.7. The van der Waals surface area contributed by atoms with E-state index in [4.69, 9.17) is 0 Å². The summed E-state index contributed by atoms with van der Waals surface area (Å²) in [5.74, 6) is 0.770. The van der Waals surface area contributed by atoms with Crippen molar-refractivity contribution in [2.75, 3.05) is 18.5 Å². The van der Waals surface area contributed by atoms with Gasteiger partial charge in [-0.25, -0.2) is 0 Å². The van der Waals surface area contributed by atoms with Crippen molar-refractivity contribution in [3.05, 3.63) is 12.1 Å². The molecule has 0 aromatic carbocycles. The van der Waals surface area contributed by atoms with Gasteiger partial charge in [0.15, 0.2) is 5.82 Å². The predicted molar refractivity (Wildman–Crippen MR) is 77.5 cm³/mol. The monoisotopic (exact) mass is 280 g/mol. The minimum Gasteiger partial charge on any atom is -0.352 e. The van der Waals surface area contributed by atoms with Crippen LogP contribution in [0.1, 0.15) is 26.7 Å². The lowest BCUT2D eigenvalue weighted by Gasteiger charge is -2.17. The third-order valence-electron chi connectivity index (χ3n) is 2.70. The van der Waals surface area contributed by atoms with Crippen LogP contribution in [0.5, 0.6) is 0 Å². The van der Waals surface area contributed by atoms with Crippen molar-refractivity contribution in [2.24, 2.45) is 0 Å². The van der Waals surface area contributed by atoms with Crippen LogP contribution in [0.15, 0.2) is 17.2 Å². The molecular weight excluding hydrogens is 260 g/mol. The van der Waals surface area contributed by atoms with Gasteiger partial charge in [-0.05, 0) is 25.0 Å². The van der Waals surface area contributed by atoms with Crippen LogP contribution in [0.2, 0.25) is 0 Å². The van der Waals surface area contributed by atoms with Crippen LogP contribution >= 0.6 is 11.8 Å². The molecule has 0 unspecified atom stereocenters. The smallest absolute Gasteiger partial charge is 0.239 e. The second kappa shape index (κ2) is 6.23. The summed E-state index contributed by atoms with van der Waals surface area (Å²) in [5.41, 5.74) is 0. The molecule has 0 bridgehead atoms. The Bertz CT molecular complexity index is 431. The average molecular weight is 280 g/mol. The van der Waals surface area contributed by atoms with Gasteiger partial charge in [-0.2, -0.15) is 0 Å². The molecule has 1 saturated carbocycles. The fourth-order valence-corrected chi connectivity index (χ4v) is 2.34. The van der Waals surface area contributed by atoms with Gasteiger partial charge in [-0.15, -0.1) is 22.0 Å². The Labute approximate surface area is 118 Å². The van der Waals surface area contributed by atoms with Crippen LogP contribution in [0, 0.1) is 0 Å². The molecule has 0 radical (unpaired) electrons. The summed E-state index contributed by atoms with van der Waals surface area (Å²) in [7, 11) is 1.85. The summed E-state index contributed by atoms with van der Waals surface area (Å²) in [6, 6.07) is 4.25. The van der Waals surface area contributed by atoms with Gasteiger partial charge in [0.25, 0.3) is 0 Å². The van der Waals surface area contributed by atoms with Gasteiger partial charge in [0.1, 0.15) is 5.03 Å². The molecule has 1 amide bonds. The summed E-state index contributed by atoms with van der Waals surface area (Å²) in [6.07, 6.45) is 2.22. The van der Waals surface area contributed by atoms with Crippen molar-refractivity contribution in [1.82, 2.24) is 15.5 Å². The van der Waals surface area contributed by atoms with Gasteiger partial charge in [-0.3, -0.25) is 4.79 Å². The highest BCUT2D eigenvalue weighted by atomic mass is 32.2. The zero-order chi connectivity index (χ0) is 13.8. The summed E-state index contributed by atoms with van der Waals surface area (Å²) >= 11 is 1.68. The SMILES string of the molecule is CC(C)Sc1ccc(N(C)CC(=O)NC2CC2)nn1. The van der Waals surface area contributed by atoms with Gasteiger partial charge in [0.05, 0.1) is 6.54 Å². The number of thioether (sulfide) groups is 1. The van der Waals surface area contributed by atoms with Crippen LogP contribution < -0.4 is 10.2 Å². The van der Waals surface area contributed by atoms with Gasteiger partial charge in [0, 0.05) is 18.3 Å². The normalized spacial score (nSPS) is 14.5. The molecular formula is C13H20N4OS. The van der Waals surface area contributed by atoms with Crippen LogP contribution in [-0.4, -0.2) is 41.0 Å². The molecule has 2 rings (SSSR count). The van der Waals surface area contributed by atoms with E-state index in [9.17, 15) is 4.79 Å². The van der Waals surface area contributed by atoms with Crippen LogP contribution in [0.3, 0.4) is 0 Å². The third-order valence-corrected chi connectivity index (χ3v) is 3.63. The van der Waals surface area contributed by atoms with E-state index in [0.717, 1.165) is 23.7 Å². The molecule has 6 heteroatoms. The van der Waals surface area contributed by atoms with E-state index in [1.807, 2.05) is 24.1 Å². The van der Waals surface area contributed by atoms with Crippen LogP contribution in [-0.2, 0) is 4.79 Å². The predicted octanol–water partition coefficient (Wildman–Crippen LogP) is 1.69. The van der Waals surface area contributed by atoms with E-state index in [-0.39, 0.29) is 5.91 Å². The van der Waals surface area contributed by atoms with Gasteiger partial charge in [-0.1, -0.05) is 13.8 Å². The third kappa shape index (κ3) is 4.70. The van der Waals surface area contributed by atoms with Gasteiger partial charge < -0.3 is 10.2 Å². The molecule has 1 aliphatic carbocycles. The van der Waals surface area contributed by atoms with Gasteiger partial charge >= 0.3 is 0 Å². The Morgan fingerprint density at radius 2 is 2.21 bits per heavy atom. The number of anilines is 1. The van der Waals surface area contributed by atoms with E-state index < -0.39 is 0 Å². The number of amides is 1. The molecule has 1 fully saturated rings. The quantitative estimate of drug-likeness (QED) is 0.804. The number of hydrogen-bond acceptors (Lipinski definition) is 5. The minimum atomic E-state index is 0.0485. The van der Waals surface area contributed by atoms with E-state index >= 15 is 0 Å². The summed E-state index contributed by atoms with van der Waals surface area (Å²) in [6.45, 7) is 4.56. The molecule has 1 N–H and O–H groups in total. The van der Waals surface area contributed by atoms with Crippen molar-refractivity contribution < 1.29 is 4.79 Å². The van der Waals surface area contributed by atoms with E-state index in [1.54, 1.807) is 11.8 Å². The van der Waals surface area contributed by atoms with Crippen molar-refractivity contribution in [3.8, 4) is 0 Å². The average Bonchev–Trinajstić information content (AvgIpc) is 3.12. The van der Waals surface area contributed by atoms with Crippen LogP contribution in [0.25, 0.3) is 0 Å². The van der Waals surface area contributed by atoms with Crippen molar-refractivity contribution in [3.63, 3.8) is 0 Å². The fourth-order valence-electron chi connectivity index (χ4n) is 1.62. The molecule has 0 saturated heterocycles.